The van der Waals surface area contributed by atoms with Crippen molar-refractivity contribution < 1.29 is 0 Å². The summed E-state index contributed by atoms with van der Waals surface area (Å²) in [5.74, 6) is 5.56. The van der Waals surface area contributed by atoms with Gasteiger partial charge in [0, 0.05) is 17.4 Å². The van der Waals surface area contributed by atoms with Crippen LogP contribution in [0, 0.1) is 6.92 Å². The molecule has 88 valence electrons. The standard InChI is InChI=1S/C12H13ClN4/c1-8-2-3-9(6-10(8)13)12(17-14)11-7-15-4-5-16-11/h2-7,12,17H,14H2,1H3. The fourth-order valence-electron chi connectivity index (χ4n) is 1.60. The summed E-state index contributed by atoms with van der Waals surface area (Å²) in [7, 11) is 0. The highest BCUT2D eigenvalue weighted by atomic mass is 35.5. The van der Waals surface area contributed by atoms with Crippen LogP contribution in [-0.2, 0) is 0 Å². The van der Waals surface area contributed by atoms with Crippen LogP contribution >= 0.6 is 11.6 Å². The van der Waals surface area contributed by atoms with Crippen LogP contribution in [0.5, 0.6) is 0 Å². The van der Waals surface area contributed by atoms with E-state index in [4.69, 9.17) is 17.4 Å². The average Bonchev–Trinajstić information content (AvgIpc) is 2.36. The minimum Gasteiger partial charge on any atom is -0.271 e. The van der Waals surface area contributed by atoms with Gasteiger partial charge in [0.2, 0.25) is 0 Å². The van der Waals surface area contributed by atoms with Gasteiger partial charge in [0.1, 0.15) is 0 Å². The van der Waals surface area contributed by atoms with Gasteiger partial charge in [-0.2, -0.15) is 0 Å². The van der Waals surface area contributed by atoms with Crippen molar-refractivity contribution >= 4 is 11.6 Å². The molecule has 1 aromatic carbocycles. The van der Waals surface area contributed by atoms with Crippen molar-refractivity contribution in [3.8, 4) is 0 Å². The van der Waals surface area contributed by atoms with Crippen LogP contribution in [0.15, 0.2) is 36.8 Å². The normalized spacial score (nSPS) is 12.4. The molecule has 0 amide bonds. The van der Waals surface area contributed by atoms with Gasteiger partial charge >= 0.3 is 0 Å². The molecule has 0 saturated heterocycles. The van der Waals surface area contributed by atoms with Crippen molar-refractivity contribution in [2.45, 2.75) is 13.0 Å². The van der Waals surface area contributed by atoms with Crippen molar-refractivity contribution in [1.82, 2.24) is 15.4 Å². The Hall–Kier alpha value is -1.49. The van der Waals surface area contributed by atoms with Crippen molar-refractivity contribution in [2.24, 2.45) is 5.84 Å². The number of halogens is 1. The molecule has 0 aliphatic carbocycles. The molecule has 0 radical (unpaired) electrons. The Balaban J connectivity index is 2.39. The molecule has 0 aliphatic heterocycles. The molecule has 1 heterocycles. The first-order chi connectivity index (χ1) is 8.22. The van der Waals surface area contributed by atoms with Gasteiger partial charge < -0.3 is 0 Å². The third-order valence-electron chi connectivity index (χ3n) is 2.57. The van der Waals surface area contributed by atoms with Crippen LogP contribution < -0.4 is 11.3 Å². The number of hydrogen-bond donors (Lipinski definition) is 2. The lowest BCUT2D eigenvalue weighted by Crippen LogP contribution is -2.29. The van der Waals surface area contributed by atoms with Crippen LogP contribution in [0.25, 0.3) is 0 Å². The van der Waals surface area contributed by atoms with E-state index in [9.17, 15) is 0 Å². The number of aryl methyl sites for hydroxylation is 1. The minimum atomic E-state index is -0.207. The zero-order valence-corrected chi connectivity index (χ0v) is 10.1. The molecule has 2 aromatic rings. The third-order valence-corrected chi connectivity index (χ3v) is 2.98. The first-order valence-corrected chi connectivity index (χ1v) is 5.58. The topological polar surface area (TPSA) is 63.8 Å². The smallest absolute Gasteiger partial charge is 0.0897 e. The lowest BCUT2D eigenvalue weighted by atomic mass is 10.0. The summed E-state index contributed by atoms with van der Waals surface area (Å²) in [5.41, 5.74) is 5.47. The molecule has 1 unspecified atom stereocenters. The predicted molar refractivity (Wildman–Crippen MR) is 67.4 cm³/mol. The molecule has 0 bridgehead atoms. The fraction of sp³-hybridized carbons (Fsp3) is 0.167. The van der Waals surface area contributed by atoms with Gasteiger partial charge in [-0.3, -0.25) is 15.8 Å². The van der Waals surface area contributed by atoms with Crippen molar-refractivity contribution in [1.29, 1.82) is 0 Å². The SMILES string of the molecule is Cc1ccc(C(NN)c2cnccn2)cc1Cl. The van der Waals surface area contributed by atoms with E-state index in [1.165, 1.54) is 0 Å². The largest absolute Gasteiger partial charge is 0.271 e. The fourth-order valence-corrected chi connectivity index (χ4v) is 1.79. The maximum Gasteiger partial charge on any atom is 0.0897 e. The van der Waals surface area contributed by atoms with Gasteiger partial charge in [-0.15, -0.1) is 0 Å². The van der Waals surface area contributed by atoms with Crippen LogP contribution in [-0.4, -0.2) is 9.97 Å². The number of nitrogens with zero attached hydrogens (tertiary/aromatic N) is 2. The molecular formula is C12H13ClN4. The van der Waals surface area contributed by atoms with Crippen LogP contribution in [0.2, 0.25) is 5.02 Å². The lowest BCUT2D eigenvalue weighted by Gasteiger charge is -2.16. The monoisotopic (exact) mass is 248 g/mol. The van der Waals surface area contributed by atoms with E-state index in [0.717, 1.165) is 16.8 Å². The number of nitrogens with one attached hydrogen (secondary N) is 1. The van der Waals surface area contributed by atoms with Crippen molar-refractivity contribution in [3.63, 3.8) is 0 Å². The Labute approximate surface area is 105 Å². The molecule has 3 N–H and O–H groups in total. The average molecular weight is 249 g/mol. The van der Waals surface area contributed by atoms with Gasteiger partial charge in [0.25, 0.3) is 0 Å². The molecule has 0 fully saturated rings. The Morgan fingerprint density at radius 1 is 1.35 bits per heavy atom. The first-order valence-electron chi connectivity index (χ1n) is 5.20. The molecule has 0 spiro atoms. The van der Waals surface area contributed by atoms with Crippen LogP contribution in [0.4, 0.5) is 0 Å². The highest BCUT2D eigenvalue weighted by molar-refractivity contribution is 6.31. The molecular weight excluding hydrogens is 236 g/mol. The van der Waals surface area contributed by atoms with Gasteiger partial charge in [-0.1, -0.05) is 23.7 Å². The molecule has 2 rings (SSSR count). The van der Waals surface area contributed by atoms with E-state index in [-0.39, 0.29) is 6.04 Å². The van der Waals surface area contributed by atoms with Crippen molar-refractivity contribution in [2.75, 3.05) is 0 Å². The summed E-state index contributed by atoms with van der Waals surface area (Å²) in [6.45, 7) is 1.96. The Bertz CT molecular complexity index is 501. The second-order valence-electron chi connectivity index (χ2n) is 3.74. The van der Waals surface area contributed by atoms with Gasteiger partial charge in [0.05, 0.1) is 17.9 Å². The summed E-state index contributed by atoms with van der Waals surface area (Å²) >= 11 is 6.10. The van der Waals surface area contributed by atoms with E-state index < -0.39 is 0 Å². The zero-order valence-electron chi connectivity index (χ0n) is 9.39. The Morgan fingerprint density at radius 2 is 2.18 bits per heavy atom. The quantitative estimate of drug-likeness (QED) is 0.644. The van der Waals surface area contributed by atoms with Gasteiger partial charge in [-0.05, 0) is 24.1 Å². The van der Waals surface area contributed by atoms with Crippen LogP contribution in [0.3, 0.4) is 0 Å². The maximum absolute atomic E-state index is 6.10. The number of benzene rings is 1. The van der Waals surface area contributed by atoms with E-state index >= 15 is 0 Å². The highest BCUT2D eigenvalue weighted by Gasteiger charge is 2.14. The third kappa shape index (κ3) is 2.61. The molecule has 1 atom stereocenters. The summed E-state index contributed by atoms with van der Waals surface area (Å²) in [6, 6.07) is 5.61. The summed E-state index contributed by atoms with van der Waals surface area (Å²) in [5, 5.41) is 0.714. The molecule has 0 aliphatic rings. The first kappa shape index (κ1) is 12.0. The lowest BCUT2D eigenvalue weighted by molar-refractivity contribution is 0.617. The second-order valence-corrected chi connectivity index (χ2v) is 4.15. The van der Waals surface area contributed by atoms with E-state index in [0.29, 0.717) is 5.02 Å². The molecule has 5 heteroatoms. The minimum absolute atomic E-state index is 0.207. The number of hydrazine groups is 1. The number of rotatable bonds is 3. The zero-order chi connectivity index (χ0) is 12.3. The number of aromatic nitrogens is 2. The molecule has 1 aromatic heterocycles. The summed E-state index contributed by atoms with van der Waals surface area (Å²) in [4.78, 5) is 8.26. The van der Waals surface area contributed by atoms with E-state index in [2.05, 4.69) is 15.4 Å². The van der Waals surface area contributed by atoms with Gasteiger partial charge in [0.15, 0.2) is 0 Å². The molecule has 0 saturated carbocycles. The highest BCUT2D eigenvalue weighted by Crippen LogP contribution is 2.24. The van der Waals surface area contributed by atoms with E-state index in [1.54, 1.807) is 18.6 Å². The Morgan fingerprint density at radius 3 is 2.76 bits per heavy atom. The second kappa shape index (κ2) is 5.23. The Kier molecular flexibility index (Phi) is 3.68. The molecule has 17 heavy (non-hydrogen) atoms. The number of hydrogen-bond acceptors (Lipinski definition) is 4. The molecule has 4 nitrogen and oxygen atoms in total. The van der Waals surface area contributed by atoms with Crippen LogP contribution in [0.1, 0.15) is 22.9 Å². The maximum atomic E-state index is 6.10. The number of nitrogens with two attached hydrogens (primary N) is 1. The van der Waals surface area contributed by atoms with Crippen molar-refractivity contribution in [3.05, 3.63) is 58.6 Å². The van der Waals surface area contributed by atoms with Gasteiger partial charge in [-0.25, -0.2) is 5.43 Å². The summed E-state index contributed by atoms with van der Waals surface area (Å²) in [6.07, 6.45) is 4.94. The summed E-state index contributed by atoms with van der Waals surface area (Å²) < 4.78 is 0. The van der Waals surface area contributed by atoms with E-state index in [1.807, 2.05) is 25.1 Å². The predicted octanol–water partition coefficient (Wildman–Crippen LogP) is 1.99.